The quantitative estimate of drug-likeness (QED) is 0.817. The molecule has 0 aromatic heterocycles. The van der Waals surface area contributed by atoms with Gasteiger partial charge in [-0.25, -0.2) is 0 Å². The van der Waals surface area contributed by atoms with Crippen molar-refractivity contribution in [2.75, 3.05) is 12.4 Å². The highest BCUT2D eigenvalue weighted by molar-refractivity contribution is 6.32. The monoisotopic (exact) mass is 303 g/mol. The first-order valence-corrected chi connectivity index (χ1v) is 7.03. The molecule has 0 aliphatic rings. The molecule has 1 rings (SSSR count). The molecule has 1 aromatic rings. The number of hydrogen-bond acceptors (Lipinski definition) is 2. The molecule has 1 unspecified atom stereocenters. The Balaban J connectivity index is 2.47. The van der Waals surface area contributed by atoms with E-state index in [-0.39, 0.29) is 17.9 Å². The number of benzene rings is 1. The van der Waals surface area contributed by atoms with E-state index in [0.29, 0.717) is 17.3 Å². The lowest BCUT2D eigenvalue weighted by Crippen LogP contribution is -2.42. The first kappa shape index (κ1) is 16.1. The van der Waals surface area contributed by atoms with Crippen molar-refractivity contribution in [3.05, 3.63) is 29.3 Å². The largest absolute Gasteiger partial charge is 0.487 e. The van der Waals surface area contributed by atoms with E-state index >= 15 is 0 Å². The standard InChI is InChI=1S/C14H19Cl2NO2/c1-10(8-17-13(18)14(2,3)9-15)19-12-7-5-4-6-11(12)16/h4-7,10H,8-9H2,1-3H3,(H,17,18). The van der Waals surface area contributed by atoms with Gasteiger partial charge in [-0.2, -0.15) is 0 Å². The van der Waals surface area contributed by atoms with Gasteiger partial charge in [0.25, 0.3) is 0 Å². The molecule has 0 aliphatic carbocycles. The van der Waals surface area contributed by atoms with Gasteiger partial charge in [0.2, 0.25) is 5.91 Å². The predicted molar refractivity (Wildman–Crippen MR) is 79.1 cm³/mol. The lowest BCUT2D eigenvalue weighted by molar-refractivity contribution is -0.128. The Hall–Kier alpha value is -0.930. The molecule has 1 N–H and O–H groups in total. The van der Waals surface area contributed by atoms with Crippen molar-refractivity contribution in [1.29, 1.82) is 0 Å². The number of carbonyl (C=O) groups excluding carboxylic acids is 1. The summed E-state index contributed by atoms with van der Waals surface area (Å²) in [4.78, 5) is 11.8. The summed E-state index contributed by atoms with van der Waals surface area (Å²) in [5, 5.41) is 3.38. The predicted octanol–water partition coefficient (Wildman–Crippen LogP) is 3.49. The summed E-state index contributed by atoms with van der Waals surface area (Å²) in [7, 11) is 0. The molecule has 0 saturated heterocycles. The first-order chi connectivity index (χ1) is 8.86. The molecule has 1 atom stereocenters. The zero-order chi connectivity index (χ0) is 14.5. The van der Waals surface area contributed by atoms with Gasteiger partial charge in [-0.3, -0.25) is 4.79 Å². The Morgan fingerprint density at radius 1 is 1.42 bits per heavy atom. The Labute approximate surface area is 124 Å². The second-order valence-corrected chi connectivity index (χ2v) is 5.76. The molecular formula is C14H19Cl2NO2. The fourth-order valence-corrected chi connectivity index (χ4v) is 1.64. The number of carbonyl (C=O) groups is 1. The molecule has 3 nitrogen and oxygen atoms in total. The highest BCUT2D eigenvalue weighted by atomic mass is 35.5. The molecule has 19 heavy (non-hydrogen) atoms. The van der Waals surface area contributed by atoms with Crippen LogP contribution in [0.3, 0.4) is 0 Å². The molecular weight excluding hydrogens is 285 g/mol. The number of rotatable bonds is 6. The van der Waals surface area contributed by atoms with E-state index < -0.39 is 5.41 Å². The minimum atomic E-state index is -0.578. The Bertz CT molecular complexity index is 435. The van der Waals surface area contributed by atoms with Crippen LogP contribution in [0.15, 0.2) is 24.3 Å². The topological polar surface area (TPSA) is 38.3 Å². The number of nitrogens with one attached hydrogen (secondary N) is 1. The van der Waals surface area contributed by atoms with Gasteiger partial charge in [0.1, 0.15) is 11.9 Å². The summed E-state index contributed by atoms with van der Waals surface area (Å²) < 4.78 is 5.66. The molecule has 0 heterocycles. The summed E-state index contributed by atoms with van der Waals surface area (Å²) in [5.41, 5.74) is -0.578. The van der Waals surface area contributed by atoms with Gasteiger partial charge in [0.15, 0.2) is 0 Å². The molecule has 0 spiro atoms. The van der Waals surface area contributed by atoms with Gasteiger partial charge < -0.3 is 10.1 Å². The summed E-state index contributed by atoms with van der Waals surface area (Å²) in [6.45, 7) is 5.88. The summed E-state index contributed by atoms with van der Waals surface area (Å²) in [6.07, 6.45) is -0.171. The van der Waals surface area contributed by atoms with Crippen LogP contribution in [0, 0.1) is 5.41 Å². The average Bonchev–Trinajstić information content (AvgIpc) is 2.38. The molecule has 106 valence electrons. The maximum absolute atomic E-state index is 11.8. The van der Waals surface area contributed by atoms with Gasteiger partial charge in [0.05, 0.1) is 17.0 Å². The van der Waals surface area contributed by atoms with Crippen molar-refractivity contribution < 1.29 is 9.53 Å². The second kappa shape index (κ2) is 7.01. The van der Waals surface area contributed by atoms with Crippen LogP contribution in [0.4, 0.5) is 0 Å². The third-order valence-electron chi connectivity index (χ3n) is 2.66. The van der Waals surface area contributed by atoms with Crippen molar-refractivity contribution in [2.24, 2.45) is 5.41 Å². The second-order valence-electron chi connectivity index (χ2n) is 5.09. The molecule has 0 bridgehead atoms. The number of amides is 1. The zero-order valence-corrected chi connectivity index (χ0v) is 12.9. The third-order valence-corrected chi connectivity index (χ3v) is 3.64. The lowest BCUT2D eigenvalue weighted by atomic mass is 9.95. The van der Waals surface area contributed by atoms with Crippen LogP contribution in [0.5, 0.6) is 5.75 Å². The van der Waals surface area contributed by atoms with Crippen molar-refractivity contribution in [1.82, 2.24) is 5.32 Å². The molecule has 0 radical (unpaired) electrons. The Morgan fingerprint density at radius 3 is 2.63 bits per heavy atom. The van der Waals surface area contributed by atoms with Crippen LogP contribution in [-0.4, -0.2) is 24.4 Å². The van der Waals surface area contributed by atoms with Crippen LogP contribution in [-0.2, 0) is 4.79 Å². The van der Waals surface area contributed by atoms with E-state index in [2.05, 4.69) is 5.32 Å². The molecule has 0 saturated carbocycles. The maximum atomic E-state index is 11.8. The van der Waals surface area contributed by atoms with Crippen molar-refractivity contribution >= 4 is 29.1 Å². The van der Waals surface area contributed by atoms with Gasteiger partial charge in [0, 0.05) is 5.88 Å². The van der Waals surface area contributed by atoms with E-state index in [1.54, 1.807) is 26.0 Å². The van der Waals surface area contributed by atoms with Crippen LogP contribution in [0.1, 0.15) is 20.8 Å². The van der Waals surface area contributed by atoms with Crippen LogP contribution >= 0.6 is 23.2 Å². The van der Waals surface area contributed by atoms with E-state index in [9.17, 15) is 4.79 Å². The average molecular weight is 304 g/mol. The third kappa shape index (κ3) is 4.92. The number of para-hydroxylation sites is 1. The summed E-state index contributed by atoms with van der Waals surface area (Å²) in [6, 6.07) is 7.25. The number of ether oxygens (including phenoxy) is 1. The normalized spacial score (nSPS) is 12.9. The highest BCUT2D eigenvalue weighted by Crippen LogP contribution is 2.24. The lowest BCUT2D eigenvalue weighted by Gasteiger charge is -2.22. The smallest absolute Gasteiger partial charge is 0.226 e. The molecule has 1 amide bonds. The first-order valence-electron chi connectivity index (χ1n) is 6.12. The van der Waals surface area contributed by atoms with E-state index in [1.807, 2.05) is 19.1 Å². The number of alkyl halides is 1. The minimum absolute atomic E-state index is 0.0860. The van der Waals surface area contributed by atoms with Crippen molar-refractivity contribution in [2.45, 2.75) is 26.9 Å². The van der Waals surface area contributed by atoms with Gasteiger partial charge in [-0.15, -0.1) is 11.6 Å². The molecule has 0 fully saturated rings. The van der Waals surface area contributed by atoms with Crippen molar-refractivity contribution in [3.8, 4) is 5.75 Å². The van der Waals surface area contributed by atoms with E-state index in [4.69, 9.17) is 27.9 Å². The van der Waals surface area contributed by atoms with Crippen LogP contribution in [0.25, 0.3) is 0 Å². The fourth-order valence-electron chi connectivity index (χ4n) is 1.34. The number of halogens is 2. The SMILES string of the molecule is CC(CNC(=O)C(C)(C)CCl)Oc1ccccc1Cl. The minimum Gasteiger partial charge on any atom is -0.487 e. The highest BCUT2D eigenvalue weighted by Gasteiger charge is 2.26. The molecule has 1 aromatic carbocycles. The van der Waals surface area contributed by atoms with Gasteiger partial charge in [-0.05, 0) is 32.9 Å². The molecule has 5 heteroatoms. The fraction of sp³-hybridized carbons (Fsp3) is 0.500. The summed E-state index contributed by atoms with van der Waals surface area (Å²) >= 11 is 11.7. The van der Waals surface area contributed by atoms with Crippen LogP contribution in [0.2, 0.25) is 5.02 Å². The summed E-state index contributed by atoms with van der Waals surface area (Å²) in [5.74, 6) is 0.804. The van der Waals surface area contributed by atoms with Crippen molar-refractivity contribution in [3.63, 3.8) is 0 Å². The Kier molecular flexibility index (Phi) is 5.95. The van der Waals surface area contributed by atoms with Crippen LogP contribution < -0.4 is 10.1 Å². The maximum Gasteiger partial charge on any atom is 0.226 e. The molecule has 0 aliphatic heterocycles. The van der Waals surface area contributed by atoms with E-state index in [0.717, 1.165) is 0 Å². The zero-order valence-electron chi connectivity index (χ0n) is 11.4. The number of hydrogen-bond donors (Lipinski definition) is 1. The Morgan fingerprint density at radius 2 is 2.05 bits per heavy atom. The van der Waals surface area contributed by atoms with Gasteiger partial charge in [-0.1, -0.05) is 23.7 Å². The van der Waals surface area contributed by atoms with Gasteiger partial charge >= 0.3 is 0 Å². The van der Waals surface area contributed by atoms with E-state index in [1.165, 1.54) is 0 Å².